The monoisotopic (exact) mass is 188 g/mol. The highest BCUT2D eigenvalue weighted by Crippen LogP contribution is 2.62. The summed E-state index contributed by atoms with van der Waals surface area (Å²) in [5, 5.41) is -1.35. The lowest BCUT2D eigenvalue weighted by atomic mass is 11.2. The van der Waals surface area contributed by atoms with Crippen molar-refractivity contribution in [2.24, 2.45) is 0 Å². The van der Waals surface area contributed by atoms with E-state index in [2.05, 4.69) is 6.58 Å². The van der Waals surface area contributed by atoms with Crippen LogP contribution in [0.25, 0.3) is 0 Å². The molecule has 6 nitrogen and oxygen atoms in total. The highest BCUT2D eigenvalue weighted by Gasteiger charge is 2.33. The molecule has 0 saturated heterocycles. The van der Waals surface area contributed by atoms with Crippen LogP contribution < -0.4 is 0 Å². The molecule has 0 amide bonds. The lowest BCUT2D eigenvalue weighted by molar-refractivity contribution is 0.367. The Morgan fingerprint density at radius 3 is 1.20 bits per heavy atom. The van der Waals surface area contributed by atoms with Crippen LogP contribution >= 0.6 is 15.2 Å². The van der Waals surface area contributed by atoms with E-state index in [9.17, 15) is 9.13 Å². The zero-order valence-electron chi connectivity index (χ0n) is 4.71. The van der Waals surface area contributed by atoms with Gasteiger partial charge in [0.05, 0.1) is 0 Å². The Labute approximate surface area is 56.5 Å². The highest BCUT2D eigenvalue weighted by molar-refractivity contribution is 7.77. The van der Waals surface area contributed by atoms with Crippen molar-refractivity contribution < 1.29 is 28.7 Å². The molecule has 60 valence electrons. The summed E-state index contributed by atoms with van der Waals surface area (Å²) in [5.41, 5.74) is 0. The molecule has 0 aromatic rings. The van der Waals surface area contributed by atoms with Crippen LogP contribution in [0, 0.1) is 0 Å². The van der Waals surface area contributed by atoms with Gasteiger partial charge in [-0.2, -0.15) is 0 Å². The molecule has 0 aliphatic carbocycles. The highest BCUT2D eigenvalue weighted by atomic mass is 31.2. The Hall–Kier alpha value is 0.0400. The summed E-state index contributed by atoms with van der Waals surface area (Å²) in [6.45, 7) is 2.57. The van der Waals surface area contributed by atoms with E-state index >= 15 is 0 Å². The molecule has 0 aliphatic heterocycles. The Bertz CT molecular complexity index is 206. The molecule has 0 bridgehead atoms. The molecule has 0 atom stereocenters. The van der Waals surface area contributed by atoms with E-state index < -0.39 is 20.2 Å². The first kappa shape index (κ1) is 10.0. The van der Waals surface area contributed by atoms with Gasteiger partial charge in [0, 0.05) is 0 Å². The van der Waals surface area contributed by atoms with Crippen molar-refractivity contribution in [3.8, 4) is 0 Å². The molecule has 8 heteroatoms. The van der Waals surface area contributed by atoms with Gasteiger partial charge in [-0.15, -0.1) is 0 Å². The molecule has 10 heavy (non-hydrogen) atoms. The SMILES string of the molecule is C=C(P(=O)(O)O)P(=O)(O)O. The van der Waals surface area contributed by atoms with Crippen molar-refractivity contribution in [2.75, 3.05) is 0 Å². The minimum absolute atomic E-state index is 1.35. The second-order valence-electron chi connectivity index (χ2n) is 1.50. The summed E-state index contributed by atoms with van der Waals surface area (Å²) in [4.78, 5) is 32.6. The summed E-state index contributed by atoms with van der Waals surface area (Å²) in [6, 6.07) is 0. The molecular weight excluding hydrogens is 182 g/mol. The second-order valence-corrected chi connectivity index (χ2v) is 5.11. The topological polar surface area (TPSA) is 115 Å². The Kier molecular flexibility index (Phi) is 2.59. The predicted octanol–water partition coefficient (Wildman–Crippen LogP) is -0.187. The van der Waals surface area contributed by atoms with E-state index in [1.807, 2.05) is 0 Å². The fourth-order valence-corrected chi connectivity index (χ4v) is 1.53. The molecule has 0 aromatic carbocycles. The summed E-state index contributed by atoms with van der Waals surface area (Å²) in [6.07, 6.45) is 0. The Balaban J connectivity index is 4.75. The lowest BCUT2D eigenvalue weighted by Gasteiger charge is -2.07. The molecule has 0 spiro atoms. The normalized spacial score (nSPS) is 13.2. The first-order valence-corrected chi connectivity index (χ1v) is 5.19. The molecule has 0 rings (SSSR count). The maximum absolute atomic E-state index is 10.1. The van der Waals surface area contributed by atoms with Crippen LogP contribution in [0.15, 0.2) is 11.6 Å². The average Bonchev–Trinajstić information content (AvgIpc) is 1.59. The predicted molar refractivity (Wildman–Crippen MR) is 33.2 cm³/mol. The third-order valence-corrected chi connectivity index (χ3v) is 3.58. The smallest absolute Gasteiger partial charge is 0.321 e. The van der Waals surface area contributed by atoms with Crippen molar-refractivity contribution in [1.29, 1.82) is 0 Å². The van der Waals surface area contributed by atoms with Crippen molar-refractivity contribution in [2.45, 2.75) is 0 Å². The van der Waals surface area contributed by atoms with Gasteiger partial charge < -0.3 is 19.6 Å². The van der Waals surface area contributed by atoms with Gasteiger partial charge in [0.15, 0.2) is 0 Å². The van der Waals surface area contributed by atoms with E-state index in [1.54, 1.807) is 0 Å². The van der Waals surface area contributed by atoms with Gasteiger partial charge in [0.2, 0.25) is 0 Å². The Morgan fingerprint density at radius 2 is 1.20 bits per heavy atom. The van der Waals surface area contributed by atoms with Crippen LogP contribution in [-0.2, 0) is 9.13 Å². The van der Waals surface area contributed by atoms with Crippen molar-refractivity contribution in [3.05, 3.63) is 11.6 Å². The zero-order chi connectivity index (χ0) is 8.58. The maximum Gasteiger partial charge on any atom is 0.363 e. The molecule has 0 unspecified atom stereocenters. The number of rotatable bonds is 2. The largest absolute Gasteiger partial charge is 0.363 e. The summed E-state index contributed by atoms with van der Waals surface area (Å²) >= 11 is 0. The van der Waals surface area contributed by atoms with Crippen LogP contribution in [0.3, 0.4) is 0 Å². The third kappa shape index (κ3) is 2.75. The van der Waals surface area contributed by atoms with Crippen molar-refractivity contribution in [3.63, 3.8) is 0 Å². The van der Waals surface area contributed by atoms with Gasteiger partial charge in [0.1, 0.15) is 5.06 Å². The summed E-state index contributed by atoms with van der Waals surface area (Å²) < 4.78 is 20.2. The summed E-state index contributed by atoms with van der Waals surface area (Å²) in [7, 11) is -9.67. The molecule has 0 radical (unpaired) electrons. The van der Waals surface area contributed by atoms with Crippen molar-refractivity contribution >= 4 is 15.2 Å². The first-order valence-electron chi connectivity index (χ1n) is 1.97. The minimum Gasteiger partial charge on any atom is -0.321 e. The van der Waals surface area contributed by atoms with Gasteiger partial charge >= 0.3 is 15.2 Å². The number of hydrogen-bond acceptors (Lipinski definition) is 2. The van der Waals surface area contributed by atoms with Gasteiger partial charge in [-0.1, -0.05) is 6.58 Å². The van der Waals surface area contributed by atoms with E-state index in [0.29, 0.717) is 0 Å². The fourth-order valence-electron chi connectivity index (χ4n) is 0.170. The molecule has 0 heterocycles. The van der Waals surface area contributed by atoms with Crippen LogP contribution in [0.5, 0.6) is 0 Å². The quantitative estimate of drug-likeness (QED) is 0.446. The summed E-state index contributed by atoms with van der Waals surface area (Å²) in [5.74, 6) is 0. The van der Waals surface area contributed by atoms with E-state index in [1.165, 1.54) is 0 Å². The molecule has 0 fully saturated rings. The Morgan fingerprint density at radius 1 is 1.00 bits per heavy atom. The van der Waals surface area contributed by atoms with Crippen molar-refractivity contribution in [1.82, 2.24) is 0 Å². The van der Waals surface area contributed by atoms with Crippen LogP contribution in [0.2, 0.25) is 0 Å². The van der Waals surface area contributed by atoms with Crippen LogP contribution in [0.1, 0.15) is 0 Å². The fraction of sp³-hybridized carbons (Fsp3) is 0. The van der Waals surface area contributed by atoms with Gasteiger partial charge in [-0.3, -0.25) is 9.13 Å². The second kappa shape index (κ2) is 2.58. The maximum atomic E-state index is 10.1. The standard InChI is InChI=1S/C2H6O6P2/c1-2(9(3,4)5)10(6,7)8/h1H2,(H2,3,4,5)(H2,6,7,8). The average molecular weight is 188 g/mol. The minimum atomic E-state index is -4.84. The van der Waals surface area contributed by atoms with Gasteiger partial charge in [-0.05, 0) is 0 Å². The van der Waals surface area contributed by atoms with Crippen LogP contribution in [-0.4, -0.2) is 19.6 Å². The molecular formula is C2H6O6P2. The molecule has 0 aliphatic rings. The molecule has 4 N–H and O–H groups in total. The molecule has 0 aromatic heterocycles. The van der Waals surface area contributed by atoms with E-state index in [-0.39, 0.29) is 0 Å². The molecule has 0 saturated carbocycles. The number of hydrogen-bond donors (Lipinski definition) is 4. The zero-order valence-corrected chi connectivity index (χ0v) is 6.50. The third-order valence-electron chi connectivity index (χ3n) is 0.672. The lowest BCUT2D eigenvalue weighted by Crippen LogP contribution is -1.85. The van der Waals surface area contributed by atoms with Gasteiger partial charge in [-0.25, -0.2) is 0 Å². The first-order chi connectivity index (χ1) is 4.15. The van der Waals surface area contributed by atoms with E-state index in [4.69, 9.17) is 19.6 Å². The van der Waals surface area contributed by atoms with Crippen LogP contribution in [0.4, 0.5) is 0 Å². The van der Waals surface area contributed by atoms with E-state index in [0.717, 1.165) is 0 Å². The van der Waals surface area contributed by atoms with Gasteiger partial charge in [0.25, 0.3) is 0 Å².